The maximum Gasteiger partial charge on any atom is 0.309 e. The topological polar surface area (TPSA) is 74.6 Å². The average Bonchev–Trinajstić information content (AvgIpc) is 2.25. The second-order valence-corrected chi connectivity index (χ2v) is 5.49. The van der Waals surface area contributed by atoms with Crippen molar-refractivity contribution in [3.8, 4) is 0 Å². The summed E-state index contributed by atoms with van der Waals surface area (Å²) in [6, 6.07) is 0. The van der Waals surface area contributed by atoms with Crippen molar-refractivity contribution >= 4 is 11.9 Å². The largest absolute Gasteiger partial charge is 0.481 e. The summed E-state index contributed by atoms with van der Waals surface area (Å²) >= 11 is 0. The highest BCUT2D eigenvalue weighted by Gasteiger charge is 2.25. The van der Waals surface area contributed by atoms with Crippen LogP contribution in [0.5, 0.6) is 0 Å². The minimum Gasteiger partial charge on any atom is -0.481 e. The van der Waals surface area contributed by atoms with Gasteiger partial charge in [-0.1, -0.05) is 46.5 Å². The van der Waals surface area contributed by atoms with E-state index in [0.717, 1.165) is 19.3 Å². The van der Waals surface area contributed by atoms with Gasteiger partial charge < -0.3 is 10.2 Å². The number of aliphatic carboxylic acids is 2. The Hall–Kier alpha value is -1.06. The molecule has 0 rings (SSSR count). The zero-order valence-electron chi connectivity index (χ0n) is 12.3. The highest BCUT2D eigenvalue weighted by Crippen LogP contribution is 2.23. The van der Waals surface area contributed by atoms with E-state index in [-0.39, 0.29) is 5.92 Å². The molecule has 0 saturated carbocycles. The number of rotatable bonds is 7. The van der Waals surface area contributed by atoms with Gasteiger partial charge in [0.15, 0.2) is 0 Å². The Bertz CT molecular complexity index is 244. The van der Waals surface area contributed by atoms with E-state index in [0.29, 0.717) is 0 Å². The summed E-state index contributed by atoms with van der Waals surface area (Å²) in [6.45, 7) is 9.02. The molecular formula is C14H28O4. The van der Waals surface area contributed by atoms with Crippen LogP contribution in [-0.4, -0.2) is 22.2 Å². The van der Waals surface area contributed by atoms with E-state index >= 15 is 0 Å². The van der Waals surface area contributed by atoms with Gasteiger partial charge in [0.2, 0.25) is 0 Å². The maximum absolute atomic E-state index is 10.7. The van der Waals surface area contributed by atoms with Crippen molar-refractivity contribution in [2.24, 2.45) is 11.3 Å². The van der Waals surface area contributed by atoms with Crippen LogP contribution in [0.25, 0.3) is 0 Å². The molecule has 2 N–H and O–H groups in total. The standard InChI is InChI=1S/C10H20O2.C4H8O2/c1-4-5-6-7-8-10(2,3)9(11)12;1-3(2)4(5)6/h4-8H2,1-3H3,(H,11,12);3H,1-2H3,(H,5,6). The first-order valence-corrected chi connectivity index (χ1v) is 6.61. The number of carbonyl (C=O) groups is 2. The van der Waals surface area contributed by atoms with Crippen LogP contribution < -0.4 is 0 Å². The van der Waals surface area contributed by atoms with Crippen LogP contribution in [0, 0.1) is 11.3 Å². The van der Waals surface area contributed by atoms with E-state index in [2.05, 4.69) is 6.92 Å². The Morgan fingerprint density at radius 2 is 1.50 bits per heavy atom. The molecule has 0 aliphatic carbocycles. The summed E-state index contributed by atoms with van der Waals surface area (Å²) in [5.41, 5.74) is -0.534. The molecule has 0 aromatic heterocycles. The van der Waals surface area contributed by atoms with Crippen LogP contribution in [0.4, 0.5) is 0 Å². The van der Waals surface area contributed by atoms with Crippen molar-refractivity contribution in [2.45, 2.75) is 66.7 Å². The summed E-state index contributed by atoms with van der Waals surface area (Å²) in [5, 5.41) is 16.8. The zero-order valence-corrected chi connectivity index (χ0v) is 12.3. The SMILES string of the molecule is CC(C)C(=O)O.CCCCCCC(C)(C)C(=O)O. The minimum absolute atomic E-state index is 0.231. The second kappa shape index (κ2) is 9.92. The first-order chi connectivity index (χ1) is 8.15. The normalized spacial score (nSPS) is 10.8. The summed E-state index contributed by atoms with van der Waals surface area (Å²) in [6.07, 6.45) is 5.41. The van der Waals surface area contributed by atoms with E-state index < -0.39 is 17.4 Å². The molecule has 108 valence electrons. The van der Waals surface area contributed by atoms with Crippen LogP contribution in [0.3, 0.4) is 0 Å². The van der Waals surface area contributed by atoms with Crippen molar-refractivity contribution in [3.63, 3.8) is 0 Å². The second-order valence-electron chi connectivity index (χ2n) is 5.49. The molecule has 0 saturated heterocycles. The predicted molar refractivity (Wildman–Crippen MR) is 72.6 cm³/mol. The van der Waals surface area contributed by atoms with Crippen molar-refractivity contribution in [1.29, 1.82) is 0 Å². The fourth-order valence-corrected chi connectivity index (χ4v) is 1.10. The Labute approximate surface area is 110 Å². The smallest absolute Gasteiger partial charge is 0.309 e. The molecule has 0 bridgehead atoms. The lowest BCUT2D eigenvalue weighted by Crippen LogP contribution is -2.23. The van der Waals surface area contributed by atoms with Gasteiger partial charge in [0, 0.05) is 0 Å². The van der Waals surface area contributed by atoms with Gasteiger partial charge in [-0.3, -0.25) is 9.59 Å². The van der Waals surface area contributed by atoms with Crippen LogP contribution in [0.15, 0.2) is 0 Å². The molecule has 0 aromatic carbocycles. The molecule has 0 aliphatic heterocycles. The van der Waals surface area contributed by atoms with Gasteiger partial charge in [-0.25, -0.2) is 0 Å². The Morgan fingerprint density at radius 3 is 1.78 bits per heavy atom. The highest BCUT2D eigenvalue weighted by atomic mass is 16.4. The van der Waals surface area contributed by atoms with Crippen LogP contribution >= 0.6 is 0 Å². The van der Waals surface area contributed by atoms with E-state index in [4.69, 9.17) is 10.2 Å². The van der Waals surface area contributed by atoms with E-state index in [1.54, 1.807) is 27.7 Å². The fraction of sp³-hybridized carbons (Fsp3) is 0.857. The summed E-state index contributed by atoms with van der Waals surface area (Å²) < 4.78 is 0. The molecule has 4 heteroatoms. The van der Waals surface area contributed by atoms with Crippen LogP contribution in [0.1, 0.15) is 66.7 Å². The van der Waals surface area contributed by atoms with E-state index in [9.17, 15) is 9.59 Å². The van der Waals surface area contributed by atoms with Gasteiger partial charge >= 0.3 is 11.9 Å². The molecule has 0 atom stereocenters. The summed E-state index contributed by atoms with van der Waals surface area (Å²) in [5.74, 6) is -1.65. The number of carboxylic acids is 2. The Balaban J connectivity index is 0. The molecule has 0 fully saturated rings. The Morgan fingerprint density at radius 1 is 1.06 bits per heavy atom. The van der Waals surface area contributed by atoms with Crippen LogP contribution in [-0.2, 0) is 9.59 Å². The molecular weight excluding hydrogens is 232 g/mol. The molecule has 0 radical (unpaired) electrons. The molecule has 18 heavy (non-hydrogen) atoms. The van der Waals surface area contributed by atoms with Gasteiger partial charge in [-0.15, -0.1) is 0 Å². The minimum atomic E-state index is -0.741. The highest BCUT2D eigenvalue weighted by molar-refractivity contribution is 5.73. The fourth-order valence-electron chi connectivity index (χ4n) is 1.10. The monoisotopic (exact) mass is 260 g/mol. The molecule has 0 aliphatic rings. The third-order valence-electron chi connectivity index (χ3n) is 2.73. The Kier molecular flexibility index (Phi) is 10.6. The van der Waals surface area contributed by atoms with Gasteiger partial charge in [0.1, 0.15) is 0 Å². The van der Waals surface area contributed by atoms with Gasteiger partial charge in [0.25, 0.3) is 0 Å². The average molecular weight is 260 g/mol. The molecule has 0 unspecified atom stereocenters. The number of unbranched alkanes of at least 4 members (excludes halogenated alkanes) is 3. The van der Waals surface area contributed by atoms with Crippen molar-refractivity contribution in [3.05, 3.63) is 0 Å². The first kappa shape index (κ1) is 19.3. The van der Waals surface area contributed by atoms with Gasteiger partial charge in [0.05, 0.1) is 11.3 Å². The molecule has 0 heterocycles. The predicted octanol–water partition coefficient (Wildman–Crippen LogP) is 3.79. The zero-order chi connectivity index (χ0) is 14.8. The van der Waals surface area contributed by atoms with Crippen molar-refractivity contribution < 1.29 is 19.8 Å². The molecule has 0 aromatic rings. The lowest BCUT2D eigenvalue weighted by atomic mass is 9.87. The summed E-state index contributed by atoms with van der Waals surface area (Å²) in [7, 11) is 0. The number of hydrogen-bond acceptors (Lipinski definition) is 2. The third kappa shape index (κ3) is 11.4. The van der Waals surface area contributed by atoms with Crippen molar-refractivity contribution in [1.82, 2.24) is 0 Å². The van der Waals surface area contributed by atoms with Crippen molar-refractivity contribution in [2.75, 3.05) is 0 Å². The quantitative estimate of drug-likeness (QED) is 0.683. The number of hydrogen-bond donors (Lipinski definition) is 2. The van der Waals surface area contributed by atoms with Gasteiger partial charge in [-0.05, 0) is 20.3 Å². The van der Waals surface area contributed by atoms with Gasteiger partial charge in [-0.2, -0.15) is 0 Å². The maximum atomic E-state index is 10.7. The van der Waals surface area contributed by atoms with E-state index in [1.807, 2.05) is 0 Å². The molecule has 0 amide bonds. The first-order valence-electron chi connectivity index (χ1n) is 6.61. The van der Waals surface area contributed by atoms with E-state index in [1.165, 1.54) is 12.8 Å². The third-order valence-corrected chi connectivity index (χ3v) is 2.73. The lowest BCUT2D eigenvalue weighted by molar-refractivity contribution is -0.147. The molecule has 0 spiro atoms. The van der Waals surface area contributed by atoms with Crippen LogP contribution in [0.2, 0.25) is 0 Å². The summed E-state index contributed by atoms with van der Waals surface area (Å²) in [4.78, 5) is 20.4. The molecule has 4 nitrogen and oxygen atoms in total. The number of carboxylic acid groups (broad SMARTS) is 2. The lowest BCUT2D eigenvalue weighted by Gasteiger charge is -2.18.